The Morgan fingerprint density at radius 1 is 0.917 bits per heavy atom. The zero-order chi connectivity index (χ0) is 26.1. The van der Waals surface area contributed by atoms with Crippen LogP contribution in [0.1, 0.15) is 48.1 Å². The zero-order valence-electron chi connectivity index (χ0n) is 22.1. The van der Waals surface area contributed by atoms with Crippen LogP contribution in [0.5, 0.6) is 5.75 Å². The molecule has 36 heavy (non-hydrogen) atoms. The van der Waals surface area contributed by atoms with E-state index in [0.29, 0.717) is 18.7 Å². The van der Waals surface area contributed by atoms with Gasteiger partial charge in [-0.15, -0.1) is 0 Å². The van der Waals surface area contributed by atoms with Crippen molar-refractivity contribution >= 4 is 11.8 Å². The zero-order valence-corrected chi connectivity index (χ0v) is 22.1. The van der Waals surface area contributed by atoms with Crippen molar-refractivity contribution in [3.63, 3.8) is 0 Å². The van der Waals surface area contributed by atoms with E-state index in [1.165, 1.54) is 0 Å². The summed E-state index contributed by atoms with van der Waals surface area (Å²) in [7, 11) is 0. The highest BCUT2D eigenvalue weighted by Gasteiger charge is 2.31. The number of ether oxygens (including phenoxy) is 1. The maximum absolute atomic E-state index is 13.7. The molecule has 190 valence electrons. The summed E-state index contributed by atoms with van der Waals surface area (Å²) >= 11 is 0. The van der Waals surface area contributed by atoms with Gasteiger partial charge in [-0.2, -0.15) is 0 Å². The molecule has 0 aliphatic rings. The van der Waals surface area contributed by atoms with E-state index in [-0.39, 0.29) is 24.5 Å². The van der Waals surface area contributed by atoms with Crippen molar-refractivity contribution in [1.82, 2.24) is 10.2 Å². The summed E-state index contributed by atoms with van der Waals surface area (Å²) < 4.78 is 6.04. The lowest BCUT2D eigenvalue weighted by atomic mass is 10.0. The first-order valence-electron chi connectivity index (χ1n) is 12.7. The van der Waals surface area contributed by atoms with Gasteiger partial charge >= 0.3 is 0 Å². The average Bonchev–Trinajstić information content (AvgIpc) is 2.88. The Bertz CT molecular complexity index is 1150. The number of benzene rings is 3. The summed E-state index contributed by atoms with van der Waals surface area (Å²) in [6.07, 6.45) is 1.23. The lowest BCUT2D eigenvalue weighted by Gasteiger charge is -2.32. The second-order valence-electron chi connectivity index (χ2n) is 9.52. The van der Waals surface area contributed by atoms with E-state index in [2.05, 4.69) is 11.4 Å². The minimum absolute atomic E-state index is 0.0126. The number of nitrogens with zero attached hydrogens (tertiary/aromatic N) is 1. The predicted molar refractivity (Wildman–Crippen MR) is 145 cm³/mol. The van der Waals surface area contributed by atoms with E-state index in [1.807, 2.05) is 101 Å². The summed E-state index contributed by atoms with van der Waals surface area (Å²) in [5.74, 6) is 0.321. The van der Waals surface area contributed by atoms with Crippen molar-refractivity contribution in [2.24, 2.45) is 0 Å². The van der Waals surface area contributed by atoms with Gasteiger partial charge in [0.25, 0.3) is 5.91 Å². The van der Waals surface area contributed by atoms with Gasteiger partial charge in [-0.05, 0) is 68.0 Å². The monoisotopic (exact) mass is 486 g/mol. The number of amides is 2. The second-order valence-corrected chi connectivity index (χ2v) is 9.52. The van der Waals surface area contributed by atoms with Crippen LogP contribution >= 0.6 is 0 Å². The Balaban J connectivity index is 1.92. The highest BCUT2D eigenvalue weighted by atomic mass is 16.5. The standard InChI is InChI=1S/C31H38N2O3/c1-6-24(4)32-31(35)28(19-26-13-9-7-10-14-26)33(20-27-15-11-8-12-16-27)30(34)21-36-29-18-22(2)17-23(3)25(29)5/h7-18,24,28H,6,19-21H2,1-5H3,(H,32,35)/t24-,28-/m0/s1. The molecule has 3 rings (SSSR count). The summed E-state index contributed by atoms with van der Waals surface area (Å²) in [5, 5.41) is 3.10. The molecule has 3 aromatic rings. The molecule has 3 aromatic carbocycles. The third-order valence-corrected chi connectivity index (χ3v) is 6.58. The van der Waals surface area contributed by atoms with Gasteiger partial charge in [0.2, 0.25) is 5.91 Å². The molecule has 0 heterocycles. The molecule has 0 bridgehead atoms. The molecule has 0 radical (unpaired) electrons. The van der Waals surface area contributed by atoms with E-state index in [1.54, 1.807) is 4.90 Å². The van der Waals surface area contributed by atoms with Crippen molar-refractivity contribution in [3.8, 4) is 5.75 Å². The third-order valence-electron chi connectivity index (χ3n) is 6.58. The minimum Gasteiger partial charge on any atom is -0.483 e. The molecule has 0 aliphatic carbocycles. The van der Waals surface area contributed by atoms with Crippen LogP contribution in [-0.2, 0) is 22.6 Å². The Morgan fingerprint density at radius 2 is 1.53 bits per heavy atom. The fraction of sp³-hybridized carbons (Fsp3) is 0.355. The SMILES string of the molecule is CC[C@H](C)NC(=O)[C@H](Cc1ccccc1)N(Cc1ccccc1)C(=O)COc1cc(C)cc(C)c1C. The quantitative estimate of drug-likeness (QED) is 0.387. The van der Waals surface area contributed by atoms with E-state index in [4.69, 9.17) is 4.74 Å². The van der Waals surface area contributed by atoms with Crippen LogP contribution in [0, 0.1) is 20.8 Å². The molecule has 5 heteroatoms. The first-order chi connectivity index (χ1) is 17.3. The topological polar surface area (TPSA) is 58.6 Å². The molecule has 0 spiro atoms. The molecule has 2 amide bonds. The van der Waals surface area contributed by atoms with Gasteiger partial charge in [-0.3, -0.25) is 9.59 Å². The first-order valence-corrected chi connectivity index (χ1v) is 12.7. The molecular weight excluding hydrogens is 448 g/mol. The summed E-state index contributed by atoms with van der Waals surface area (Å²) in [5.41, 5.74) is 5.17. The van der Waals surface area contributed by atoms with Crippen LogP contribution in [0.4, 0.5) is 0 Å². The van der Waals surface area contributed by atoms with Gasteiger partial charge in [0.15, 0.2) is 6.61 Å². The maximum Gasteiger partial charge on any atom is 0.261 e. The number of hydrogen-bond donors (Lipinski definition) is 1. The van der Waals surface area contributed by atoms with Crippen molar-refractivity contribution in [2.45, 2.75) is 66.1 Å². The smallest absolute Gasteiger partial charge is 0.261 e. The van der Waals surface area contributed by atoms with Gasteiger partial charge in [0.1, 0.15) is 11.8 Å². The largest absolute Gasteiger partial charge is 0.483 e. The fourth-order valence-corrected chi connectivity index (χ4v) is 4.15. The number of rotatable bonds is 11. The highest BCUT2D eigenvalue weighted by molar-refractivity contribution is 5.88. The van der Waals surface area contributed by atoms with Gasteiger partial charge < -0.3 is 15.0 Å². The van der Waals surface area contributed by atoms with Crippen molar-refractivity contribution in [1.29, 1.82) is 0 Å². The number of carbonyl (C=O) groups excluding carboxylic acids is 2. The van der Waals surface area contributed by atoms with Gasteiger partial charge in [0, 0.05) is 19.0 Å². The van der Waals surface area contributed by atoms with Crippen LogP contribution in [0.25, 0.3) is 0 Å². The number of hydrogen-bond acceptors (Lipinski definition) is 3. The van der Waals surface area contributed by atoms with Crippen LogP contribution in [0.15, 0.2) is 72.8 Å². The molecule has 5 nitrogen and oxygen atoms in total. The van der Waals surface area contributed by atoms with Crippen molar-refractivity contribution in [2.75, 3.05) is 6.61 Å². The fourth-order valence-electron chi connectivity index (χ4n) is 4.15. The van der Waals surface area contributed by atoms with Gasteiger partial charge in [-0.1, -0.05) is 73.7 Å². The van der Waals surface area contributed by atoms with E-state index in [0.717, 1.165) is 34.2 Å². The Kier molecular flexibility index (Phi) is 9.69. The lowest BCUT2D eigenvalue weighted by Crippen LogP contribution is -2.53. The normalized spacial score (nSPS) is 12.5. The summed E-state index contributed by atoms with van der Waals surface area (Å²) in [4.78, 5) is 28.9. The Hall–Kier alpha value is -3.60. The first kappa shape index (κ1) is 27.0. The van der Waals surface area contributed by atoms with Crippen LogP contribution in [-0.4, -0.2) is 35.4 Å². The highest BCUT2D eigenvalue weighted by Crippen LogP contribution is 2.24. The second kappa shape index (κ2) is 12.9. The number of nitrogens with one attached hydrogen (secondary N) is 1. The molecule has 0 fully saturated rings. The van der Waals surface area contributed by atoms with Crippen LogP contribution < -0.4 is 10.1 Å². The molecule has 0 aliphatic heterocycles. The molecule has 0 saturated heterocycles. The van der Waals surface area contributed by atoms with Gasteiger partial charge in [0.05, 0.1) is 0 Å². The van der Waals surface area contributed by atoms with Crippen molar-refractivity contribution in [3.05, 3.63) is 101 Å². The molecule has 1 N–H and O–H groups in total. The Morgan fingerprint density at radius 3 is 2.14 bits per heavy atom. The lowest BCUT2D eigenvalue weighted by molar-refractivity contribution is -0.143. The van der Waals surface area contributed by atoms with Crippen LogP contribution in [0.3, 0.4) is 0 Å². The minimum atomic E-state index is -0.668. The third kappa shape index (κ3) is 7.45. The predicted octanol–water partition coefficient (Wildman–Crippen LogP) is 5.55. The summed E-state index contributed by atoms with van der Waals surface area (Å²) in [6.45, 7) is 10.2. The molecule has 2 atom stereocenters. The molecular formula is C31H38N2O3. The average molecular weight is 487 g/mol. The van der Waals surface area contributed by atoms with E-state index >= 15 is 0 Å². The van der Waals surface area contributed by atoms with Gasteiger partial charge in [-0.25, -0.2) is 0 Å². The Labute approximate surface area is 215 Å². The number of aryl methyl sites for hydroxylation is 2. The number of carbonyl (C=O) groups is 2. The molecule has 0 aromatic heterocycles. The van der Waals surface area contributed by atoms with E-state index in [9.17, 15) is 9.59 Å². The molecule has 0 saturated carbocycles. The van der Waals surface area contributed by atoms with E-state index < -0.39 is 6.04 Å². The maximum atomic E-state index is 13.7. The van der Waals surface area contributed by atoms with Crippen LogP contribution in [0.2, 0.25) is 0 Å². The summed E-state index contributed by atoms with van der Waals surface area (Å²) in [6, 6.07) is 23.0. The van der Waals surface area contributed by atoms with Crippen molar-refractivity contribution < 1.29 is 14.3 Å². The molecule has 0 unspecified atom stereocenters.